The topological polar surface area (TPSA) is 72.7 Å². The monoisotopic (exact) mass is 432 g/mol. The Kier molecular flexibility index (Phi) is 4.36. The Hall–Kier alpha value is -2.89. The molecule has 1 amide bonds. The van der Waals surface area contributed by atoms with Gasteiger partial charge in [-0.2, -0.15) is 0 Å². The summed E-state index contributed by atoms with van der Waals surface area (Å²) in [5, 5.41) is 11.2. The fourth-order valence-corrected chi connectivity index (χ4v) is 7.81. The van der Waals surface area contributed by atoms with Crippen molar-refractivity contribution < 1.29 is 14.5 Å². The maximum atomic E-state index is 13.8. The fourth-order valence-electron chi connectivity index (χ4n) is 7.81. The number of hydrogen-bond acceptors (Lipinski definition) is 4. The van der Waals surface area contributed by atoms with Gasteiger partial charge in [-0.25, -0.2) is 0 Å². The third-order valence-electron chi connectivity index (χ3n) is 8.64. The summed E-state index contributed by atoms with van der Waals surface area (Å²) in [6, 6.07) is 14.4. The van der Waals surface area contributed by atoms with Gasteiger partial charge in [-0.3, -0.25) is 14.9 Å². The molecule has 7 rings (SSSR count). The molecule has 166 valence electrons. The summed E-state index contributed by atoms with van der Waals surface area (Å²) in [5.74, 6) is 3.22. The van der Waals surface area contributed by atoms with Crippen LogP contribution in [0.15, 0.2) is 48.5 Å². The molecule has 0 aromatic heterocycles. The highest BCUT2D eigenvalue weighted by Crippen LogP contribution is 2.67. The van der Waals surface area contributed by atoms with Crippen molar-refractivity contribution in [1.29, 1.82) is 0 Å². The number of anilines is 1. The molecule has 2 aromatic carbocycles. The molecule has 32 heavy (non-hydrogen) atoms. The van der Waals surface area contributed by atoms with E-state index in [1.165, 1.54) is 19.3 Å². The first-order valence-corrected chi connectivity index (χ1v) is 11.7. The van der Waals surface area contributed by atoms with Gasteiger partial charge in [0.25, 0.3) is 5.69 Å². The Balaban J connectivity index is 1.40. The molecule has 5 aliphatic rings. The third kappa shape index (κ3) is 2.88. The van der Waals surface area contributed by atoms with Gasteiger partial charge in [-0.15, -0.1) is 0 Å². The highest BCUT2D eigenvalue weighted by Gasteiger charge is 2.63. The van der Waals surface area contributed by atoms with Gasteiger partial charge in [0.2, 0.25) is 5.91 Å². The average molecular weight is 433 g/mol. The van der Waals surface area contributed by atoms with Crippen LogP contribution in [-0.4, -0.2) is 17.9 Å². The van der Waals surface area contributed by atoms with E-state index in [2.05, 4.69) is 0 Å². The number of amides is 1. The zero-order valence-corrected chi connectivity index (χ0v) is 18.3. The number of rotatable bonds is 5. The molecule has 0 radical (unpaired) electrons. The van der Waals surface area contributed by atoms with E-state index in [9.17, 15) is 14.9 Å². The van der Waals surface area contributed by atoms with E-state index in [1.54, 1.807) is 19.2 Å². The Bertz CT molecular complexity index is 1030. The summed E-state index contributed by atoms with van der Waals surface area (Å²) in [7, 11) is 1.63. The standard InChI is InChI=1S/C26H28N2O4/c1-32-22-8-6-20(7-9-22)27-24(19-2-4-21(5-3-19)28(30)31)23(25(27)29)26-13-16-10-17(14-26)12-18(11-16)15-26/h2-9,16-18,23-24H,10-15H2,1H3/t16?,17?,18?,23-,24+,26?/m1/s1. The van der Waals surface area contributed by atoms with Crippen molar-refractivity contribution in [2.45, 2.75) is 44.6 Å². The highest BCUT2D eigenvalue weighted by molar-refractivity contribution is 6.04. The SMILES string of the molecule is COc1ccc(N2C(=O)[C@H](C34CC5CC(CC(C5)C3)C4)[C@@H]2c2ccc([N+](=O)[O-])cc2)cc1. The molecule has 1 heterocycles. The highest BCUT2D eigenvalue weighted by atomic mass is 16.6. The predicted octanol–water partition coefficient (Wildman–Crippen LogP) is 5.52. The summed E-state index contributed by atoms with van der Waals surface area (Å²) >= 11 is 0. The van der Waals surface area contributed by atoms with E-state index in [0.717, 1.165) is 54.0 Å². The quantitative estimate of drug-likeness (QED) is 0.354. The zero-order valence-electron chi connectivity index (χ0n) is 18.3. The van der Waals surface area contributed by atoms with E-state index in [0.29, 0.717) is 0 Å². The van der Waals surface area contributed by atoms with Crippen molar-refractivity contribution in [2.24, 2.45) is 29.1 Å². The summed E-state index contributed by atoms with van der Waals surface area (Å²) < 4.78 is 5.29. The van der Waals surface area contributed by atoms with Crippen LogP contribution >= 0.6 is 0 Å². The van der Waals surface area contributed by atoms with Crippen molar-refractivity contribution in [3.05, 3.63) is 64.2 Å². The summed E-state index contributed by atoms with van der Waals surface area (Å²) in [4.78, 5) is 26.5. The van der Waals surface area contributed by atoms with Crippen LogP contribution < -0.4 is 9.64 Å². The molecule has 1 saturated heterocycles. The number of nitro groups is 1. The molecule has 4 bridgehead atoms. The molecule has 0 spiro atoms. The fraction of sp³-hybridized carbons (Fsp3) is 0.500. The Morgan fingerprint density at radius 3 is 2.00 bits per heavy atom. The van der Waals surface area contributed by atoms with E-state index in [-0.39, 0.29) is 33.9 Å². The van der Waals surface area contributed by atoms with Crippen LogP contribution in [0.5, 0.6) is 5.75 Å². The van der Waals surface area contributed by atoms with Crippen molar-refractivity contribution in [3.8, 4) is 5.75 Å². The van der Waals surface area contributed by atoms with Crippen LogP contribution in [0.3, 0.4) is 0 Å². The lowest BCUT2D eigenvalue weighted by Gasteiger charge is -2.64. The molecular weight excluding hydrogens is 404 g/mol. The number of carbonyl (C=O) groups excluding carboxylic acids is 1. The lowest BCUT2D eigenvalue weighted by atomic mass is 9.44. The van der Waals surface area contributed by atoms with Crippen LogP contribution in [0.2, 0.25) is 0 Å². The van der Waals surface area contributed by atoms with Crippen LogP contribution in [-0.2, 0) is 4.79 Å². The number of nitrogens with zero attached hydrogens (tertiary/aromatic N) is 2. The largest absolute Gasteiger partial charge is 0.497 e. The minimum atomic E-state index is -0.368. The molecule has 6 heteroatoms. The molecule has 4 aliphatic carbocycles. The predicted molar refractivity (Wildman–Crippen MR) is 120 cm³/mol. The second-order valence-corrected chi connectivity index (χ2v) is 10.5. The minimum absolute atomic E-state index is 0.0422. The summed E-state index contributed by atoms with van der Waals surface area (Å²) in [6.45, 7) is 0. The summed E-state index contributed by atoms with van der Waals surface area (Å²) in [6.07, 6.45) is 7.50. The smallest absolute Gasteiger partial charge is 0.269 e. The number of non-ortho nitro benzene ring substituents is 1. The van der Waals surface area contributed by atoms with Crippen LogP contribution in [0, 0.1) is 39.2 Å². The lowest BCUT2D eigenvalue weighted by molar-refractivity contribution is -0.384. The average Bonchev–Trinajstić information content (AvgIpc) is 2.77. The van der Waals surface area contributed by atoms with E-state index < -0.39 is 0 Å². The number of benzene rings is 2. The molecule has 1 aliphatic heterocycles. The molecule has 6 nitrogen and oxygen atoms in total. The van der Waals surface area contributed by atoms with Gasteiger partial charge in [0.1, 0.15) is 5.75 Å². The Morgan fingerprint density at radius 2 is 1.50 bits per heavy atom. The van der Waals surface area contributed by atoms with Crippen LogP contribution in [0.1, 0.15) is 50.1 Å². The van der Waals surface area contributed by atoms with Gasteiger partial charge in [0.15, 0.2) is 0 Å². The number of methoxy groups -OCH3 is 1. The number of ether oxygens (including phenoxy) is 1. The molecule has 2 atom stereocenters. The normalized spacial score (nSPS) is 35.0. The van der Waals surface area contributed by atoms with Crippen molar-refractivity contribution >= 4 is 17.3 Å². The second kappa shape index (κ2) is 7.06. The minimum Gasteiger partial charge on any atom is -0.497 e. The Labute approximate surface area is 187 Å². The van der Waals surface area contributed by atoms with E-state index in [4.69, 9.17) is 4.74 Å². The van der Waals surface area contributed by atoms with Gasteiger partial charge in [-0.1, -0.05) is 12.1 Å². The maximum Gasteiger partial charge on any atom is 0.269 e. The van der Waals surface area contributed by atoms with Gasteiger partial charge < -0.3 is 9.64 Å². The molecule has 4 saturated carbocycles. The second-order valence-electron chi connectivity index (χ2n) is 10.5. The van der Waals surface area contributed by atoms with Gasteiger partial charge in [0, 0.05) is 17.8 Å². The van der Waals surface area contributed by atoms with Crippen LogP contribution in [0.4, 0.5) is 11.4 Å². The number of carbonyl (C=O) groups is 1. The Morgan fingerprint density at radius 1 is 0.938 bits per heavy atom. The van der Waals surface area contributed by atoms with Crippen molar-refractivity contribution in [3.63, 3.8) is 0 Å². The molecule has 2 aromatic rings. The van der Waals surface area contributed by atoms with E-state index in [1.807, 2.05) is 41.3 Å². The van der Waals surface area contributed by atoms with Gasteiger partial charge in [0.05, 0.1) is 24.0 Å². The first kappa shape index (κ1) is 19.8. The summed E-state index contributed by atoms with van der Waals surface area (Å²) in [5.41, 5.74) is 2.02. The maximum absolute atomic E-state index is 13.8. The first-order valence-electron chi connectivity index (χ1n) is 11.7. The zero-order chi connectivity index (χ0) is 22.0. The van der Waals surface area contributed by atoms with Gasteiger partial charge >= 0.3 is 0 Å². The lowest BCUT2D eigenvalue weighted by Crippen LogP contribution is -2.65. The molecule has 5 fully saturated rings. The first-order chi connectivity index (χ1) is 15.5. The third-order valence-corrected chi connectivity index (χ3v) is 8.64. The molecule has 0 N–H and O–H groups in total. The van der Waals surface area contributed by atoms with Crippen molar-refractivity contribution in [1.82, 2.24) is 0 Å². The van der Waals surface area contributed by atoms with Crippen molar-refractivity contribution in [2.75, 3.05) is 12.0 Å². The number of hydrogen-bond donors (Lipinski definition) is 0. The van der Waals surface area contributed by atoms with E-state index >= 15 is 0 Å². The van der Waals surface area contributed by atoms with Crippen LogP contribution in [0.25, 0.3) is 0 Å². The van der Waals surface area contributed by atoms with Gasteiger partial charge in [-0.05, 0) is 91.5 Å². The molecule has 0 unspecified atom stereocenters. The number of β-lactam (4-membered cyclic amide) rings is 1. The number of nitro benzene ring substituents is 1. The molecular formula is C26H28N2O4.